The van der Waals surface area contributed by atoms with Crippen LogP contribution in [0, 0.1) is 24.7 Å². The molecule has 2 unspecified atom stereocenters. The average molecular weight is 515 g/mol. The summed E-state index contributed by atoms with van der Waals surface area (Å²) in [5.41, 5.74) is 3.12. The molecule has 1 aromatic heterocycles. The minimum atomic E-state index is -4.79. The lowest BCUT2D eigenvalue weighted by Gasteiger charge is -2.25. The number of hydrogen-bond acceptors (Lipinski definition) is 5. The highest BCUT2D eigenvalue weighted by atomic mass is 19.4. The largest absolute Gasteiger partial charge is 0.573 e. The summed E-state index contributed by atoms with van der Waals surface area (Å²) < 4.78 is 49.3. The van der Waals surface area contributed by atoms with E-state index < -0.39 is 12.5 Å². The van der Waals surface area contributed by atoms with Crippen molar-refractivity contribution >= 4 is 6.09 Å². The summed E-state index contributed by atoms with van der Waals surface area (Å²) in [5.74, 6) is 1.13. The second-order valence-electron chi connectivity index (χ2n) is 9.93. The molecule has 5 rings (SSSR count). The number of aryl methyl sites for hydroxylation is 2. The van der Waals surface area contributed by atoms with Crippen LogP contribution in [0.2, 0.25) is 0 Å². The van der Waals surface area contributed by atoms with Crippen LogP contribution in [0.3, 0.4) is 0 Å². The summed E-state index contributed by atoms with van der Waals surface area (Å²) >= 11 is 0. The summed E-state index contributed by atoms with van der Waals surface area (Å²) in [6.45, 7) is 5.51. The SMILES string of the molecule is Cc1ccccc1CN1CC2C(C1)C2CN(Cc1cccc(OC(F)(F)F)c1)C(=O)Oc1cn(C)cn1. The van der Waals surface area contributed by atoms with Crippen LogP contribution in [-0.2, 0) is 20.1 Å². The van der Waals surface area contributed by atoms with Gasteiger partial charge in [-0.1, -0.05) is 36.4 Å². The van der Waals surface area contributed by atoms with E-state index >= 15 is 0 Å². The maximum Gasteiger partial charge on any atom is 0.573 e. The molecule has 0 radical (unpaired) electrons. The van der Waals surface area contributed by atoms with Crippen molar-refractivity contribution in [3.8, 4) is 11.6 Å². The van der Waals surface area contributed by atoms with Gasteiger partial charge in [-0.15, -0.1) is 13.2 Å². The second kappa shape index (κ2) is 10.1. The Kier molecular flexibility index (Phi) is 6.85. The number of hydrogen-bond donors (Lipinski definition) is 0. The predicted octanol–water partition coefficient (Wildman–Crippen LogP) is 5.01. The quantitative estimate of drug-likeness (QED) is 0.423. The molecular weight excluding hydrogens is 485 g/mol. The summed E-state index contributed by atoms with van der Waals surface area (Å²) in [5, 5.41) is 0. The molecule has 7 nitrogen and oxygen atoms in total. The summed E-state index contributed by atoms with van der Waals surface area (Å²) in [4.78, 5) is 21.1. The van der Waals surface area contributed by atoms with E-state index in [4.69, 9.17) is 4.74 Å². The highest BCUT2D eigenvalue weighted by Crippen LogP contribution is 2.52. The monoisotopic (exact) mass is 514 g/mol. The molecule has 2 aliphatic rings. The molecule has 0 N–H and O–H groups in total. The number of nitrogens with zero attached hydrogens (tertiary/aromatic N) is 4. The van der Waals surface area contributed by atoms with Gasteiger partial charge in [-0.25, -0.2) is 9.78 Å². The van der Waals surface area contributed by atoms with Crippen LogP contribution in [0.15, 0.2) is 61.1 Å². The van der Waals surface area contributed by atoms with Gasteiger partial charge in [0.05, 0.1) is 12.5 Å². The average Bonchev–Trinajstić information content (AvgIpc) is 3.12. The molecular formula is C27H29F3N4O3. The number of likely N-dealkylation sites (tertiary alicyclic amines) is 1. The number of carbonyl (C=O) groups excluding carboxylic acids is 1. The van der Waals surface area contributed by atoms with E-state index in [-0.39, 0.29) is 18.2 Å². The van der Waals surface area contributed by atoms with E-state index in [1.807, 2.05) is 6.07 Å². The molecule has 1 amide bonds. The number of rotatable bonds is 8. The van der Waals surface area contributed by atoms with Crippen LogP contribution in [0.5, 0.6) is 11.6 Å². The number of fused-ring (bicyclic) bond motifs is 1. The van der Waals surface area contributed by atoms with Crippen LogP contribution in [0.1, 0.15) is 16.7 Å². The first-order chi connectivity index (χ1) is 17.6. The molecule has 3 aromatic rings. The predicted molar refractivity (Wildman–Crippen MR) is 130 cm³/mol. The number of ether oxygens (including phenoxy) is 2. The minimum Gasteiger partial charge on any atom is -0.406 e. The Morgan fingerprint density at radius 1 is 1.14 bits per heavy atom. The summed E-state index contributed by atoms with van der Waals surface area (Å²) in [7, 11) is 1.77. The molecule has 196 valence electrons. The van der Waals surface area contributed by atoms with E-state index in [0.717, 1.165) is 19.6 Å². The zero-order valence-corrected chi connectivity index (χ0v) is 20.7. The smallest absolute Gasteiger partial charge is 0.406 e. The van der Waals surface area contributed by atoms with Crippen molar-refractivity contribution in [1.82, 2.24) is 19.4 Å². The molecule has 1 aliphatic carbocycles. The Morgan fingerprint density at radius 3 is 2.57 bits per heavy atom. The fourth-order valence-corrected chi connectivity index (χ4v) is 5.28. The van der Waals surface area contributed by atoms with Gasteiger partial charge in [-0.3, -0.25) is 4.90 Å². The van der Waals surface area contributed by atoms with E-state index in [2.05, 4.69) is 39.7 Å². The number of aromatic nitrogens is 2. The number of alkyl halides is 3. The van der Waals surface area contributed by atoms with Crippen LogP contribution in [0.4, 0.5) is 18.0 Å². The Morgan fingerprint density at radius 2 is 1.89 bits per heavy atom. The standard InChI is InChI=1S/C27H29F3N4O3/c1-18-6-3-4-8-20(18)12-33-13-22-23(14-33)24(22)15-34(26(35)36-25-16-32(2)17-31-25)11-19-7-5-9-21(10-19)37-27(28,29)30/h3-10,16-17,22-24H,11-15H2,1-2H3. The lowest BCUT2D eigenvalue weighted by Crippen LogP contribution is -2.36. The third-order valence-electron chi connectivity index (χ3n) is 7.17. The van der Waals surface area contributed by atoms with Crippen molar-refractivity contribution < 1.29 is 27.4 Å². The zero-order valence-electron chi connectivity index (χ0n) is 20.7. The van der Waals surface area contributed by atoms with Crippen LogP contribution < -0.4 is 9.47 Å². The van der Waals surface area contributed by atoms with Gasteiger partial charge in [0.15, 0.2) is 0 Å². The highest BCUT2D eigenvalue weighted by Gasteiger charge is 2.56. The Hall–Kier alpha value is -3.53. The summed E-state index contributed by atoms with van der Waals surface area (Å²) in [6.07, 6.45) is -2.25. The van der Waals surface area contributed by atoms with Crippen molar-refractivity contribution in [3.63, 3.8) is 0 Å². The first-order valence-electron chi connectivity index (χ1n) is 12.2. The molecule has 1 saturated heterocycles. The molecule has 2 aromatic carbocycles. The fraction of sp³-hybridized carbons (Fsp3) is 0.407. The molecule has 37 heavy (non-hydrogen) atoms. The molecule has 1 saturated carbocycles. The van der Waals surface area contributed by atoms with Crippen molar-refractivity contribution in [3.05, 3.63) is 77.7 Å². The third kappa shape index (κ3) is 6.25. The number of piperidine rings is 1. The van der Waals surface area contributed by atoms with Crippen LogP contribution in [-0.4, -0.2) is 51.4 Å². The van der Waals surface area contributed by atoms with Crippen LogP contribution >= 0.6 is 0 Å². The topological polar surface area (TPSA) is 59.8 Å². The van der Waals surface area contributed by atoms with Crippen molar-refractivity contribution in [2.24, 2.45) is 24.8 Å². The number of amides is 1. The van der Waals surface area contributed by atoms with Crippen LogP contribution in [0.25, 0.3) is 0 Å². The molecule has 0 spiro atoms. The maximum atomic E-state index is 13.1. The zero-order chi connectivity index (χ0) is 26.2. The number of benzene rings is 2. The molecule has 1 aliphatic heterocycles. The fourth-order valence-electron chi connectivity index (χ4n) is 5.28. The maximum absolute atomic E-state index is 13.1. The van der Waals surface area contributed by atoms with Gasteiger partial charge >= 0.3 is 12.5 Å². The van der Waals surface area contributed by atoms with Gasteiger partial charge in [0.1, 0.15) is 5.75 Å². The van der Waals surface area contributed by atoms with E-state index in [1.54, 1.807) is 28.8 Å². The first-order valence-corrected chi connectivity index (χ1v) is 12.2. The van der Waals surface area contributed by atoms with Gasteiger partial charge < -0.3 is 18.9 Å². The first kappa shape index (κ1) is 25.1. The number of carbonyl (C=O) groups is 1. The van der Waals surface area contributed by atoms with Gasteiger partial charge in [-0.2, -0.15) is 0 Å². The van der Waals surface area contributed by atoms with E-state index in [9.17, 15) is 18.0 Å². The minimum absolute atomic E-state index is 0.101. The van der Waals surface area contributed by atoms with Gasteiger partial charge in [0.25, 0.3) is 0 Å². The highest BCUT2D eigenvalue weighted by molar-refractivity contribution is 5.70. The molecule has 2 fully saturated rings. The molecule has 2 heterocycles. The normalized spacial score (nSPS) is 20.9. The number of halogens is 3. The Labute approximate surface area is 213 Å². The van der Waals surface area contributed by atoms with E-state index in [1.165, 1.54) is 35.7 Å². The number of imidazole rings is 1. The Bertz CT molecular complexity index is 1250. The second-order valence-corrected chi connectivity index (χ2v) is 9.93. The molecule has 2 atom stereocenters. The molecule has 0 bridgehead atoms. The lowest BCUT2D eigenvalue weighted by molar-refractivity contribution is -0.274. The summed E-state index contributed by atoms with van der Waals surface area (Å²) in [6, 6.07) is 14.1. The van der Waals surface area contributed by atoms with Gasteiger partial charge in [-0.05, 0) is 53.5 Å². The third-order valence-corrected chi connectivity index (χ3v) is 7.17. The lowest BCUT2D eigenvalue weighted by atomic mass is 10.1. The van der Waals surface area contributed by atoms with Crippen molar-refractivity contribution in [2.75, 3.05) is 19.6 Å². The van der Waals surface area contributed by atoms with E-state index in [0.29, 0.717) is 29.9 Å². The molecule has 10 heteroatoms. The van der Waals surface area contributed by atoms with Gasteiger partial charge in [0.2, 0.25) is 5.88 Å². The van der Waals surface area contributed by atoms with Crippen molar-refractivity contribution in [1.29, 1.82) is 0 Å². The van der Waals surface area contributed by atoms with Gasteiger partial charge in [0, 0.05) is 39.8 Å². The van der Waals surface area contributed by atoms with Crippen molar-refractivity contribution in [2.45, 2.75) is 26.4 Å². The Balaban J connectivity index is 1.24.